The Kier molecular flexibility index (Phi) is 17.6. The van der Waals surface area contributed by atoms with Crippen LogP contribution in [0, 0.1) is 0 Å². The van der Waals surface area contributed by atoms with E-state index in [2.05, 4.69) is 0 Å². The quantitative estimate of drug-likeness (QED) is 0.465. The van der Waals surface area contributed by atoms with Crippen LogP contribution in [-0.2, 0) is 14.2 Å². The molecule has 0 unspecified atom stereocenters. The normalized spacial score (nSPS) is 9.86. The number of halogens is 1. The summed E-state index contributed by atoms with van der Waals surface area (Å²) in [6.45, 7) is 2.76. The molecule has 0 saturated carbocycles. The van der Waals surface area contributed by atoms with Gasteiger partial charge >= 0.3 is 0 Å². The van der Waals surface area contributed by atoms with Crippen LogP contribution >= 0.6 is 0 Å². The first-order valence-corrected chi connectivity index (χ1v) is 4.36. The zero-order valence-corrected chi connectivity index (χ0v) is 8.18. The van der Waals surface area contributed by atoms with Gasteiger partial charge in [-0.3, -0.25) is 4.70 Å². The van der Waals surface area contributed by atoms with Gasteiger partial charge in [-0.1, -0.05) is 0 Å². The first kappa shape index (κ1) is 16.2. The third-order valence-corrected chi connectivity index (χ3v) is 1.22. The highest BCUT2D eigenvalue weighted by Gasteiger charge is 1.89. The minimum absolute atomic E-state index is 0. The Labute approximate surface area is 83.0 Å². The predicted molar refractivity (Wildman–Crippen MR) is 49.1 cm³/mol. The van der Waals surface area contributed by atoms with Crippen LogP contribution in [-0.4, -0.2) is 63.1 Å². The number of aliphatic hydroxyl groups is 2. The third kappa shape index (κ3) is 14.3. The maximum atomic E-state index is 8.36. The van der Waals surface area contributed by atoms with E-state index in [-0.39, 0.29) is 17.9 Å². The van der Waals surface area contributed by atoms with Gasteiger partial charge in [0.25, 0.3) is 0 Å². The maximum Gasteiger partial charge on any atom is 0.0701 e. The largest absolute Gasteiger partial charge is 0.394 e. The average molecular weight is 214 g/mol. The summed E-state index contributed by atoms with van der Waals surface area (Å²) in [6.07, 6.45) is 0. The average Bonchev–Trinajstić information content (AvgIpc) is 2.16. The highest BCUT2D eigenvalue weighted by atomic mass is 19.0. The molecule has 14 heavy (non-hydrogen) atoms. The number of aliphatic hydroxyl groups excluding tert-OH is 2. The lowest BCUT2D eigenvalue weighted by Gasteiger charge is -2.04. The standard InChI is InChI=1S/C8H18O5.FH/c9-1-3-11-5-7-13-8-6-12-4-2-10;/h9-10H,1-8H2;1H. The van der Waals surface area contributed by atoms with E-state index in [4.69, 9.17) is 24.4 Å². The van der Waals surface area contributed by atoms with Gasteiger partial charge in [-0.25, -0.2) is 0 Å². The molecule has 0 atom stereocenters. The monoisotopic (exact) mass is 214 g/mol. The molecular weight excluding hydrogens is 195 g/mol. The van der Waals surface area contributed by atoms with Crippen LogP contribution in [0.3, 0.4) is 0 Å². The Morgan fingerprint density at radius 2 is 0.857 bits per heavy atom. The molecule has 0 aromatic rings. The molecule has 0 aliphatic rings. The molecule has 0 aliphatic carbocycles. The molecule has 0 aromatic carbocycles. The van der Waals surface area contributed by atoms with Crippen molar-refractivity contribution in [2.24, 2.45) is 0 Å². The van der Waals surface area contributed by atoms with Crippen molar-refractivity contribution in [1.29, 1.82) is 0 Å². The summed E-state index contributed by atoms with van der Waals surface area (Å²) in [5.41, 5.74) is 0. The minimum Gasteiger partial charge on any atom is -0.394 e. The topological polar surface area (TPSA) is 68.2 Å². The van der Waals surface area contributed by atoms with Crippen molar-refractivity contribution >= 4 is 0 Å². The van der Waals surface area contributed by atoms with Crippen LogP contribution in [0.15, 0.2) is 0 Å². The van der Waals surface area contributed by atoms with Gasteiger partial charge in [-0.05, 0) is 0 Å². The summed E-state index contributed by atoms with van der Waals surface area (Å²) in [4.78, 5) is 0. The molecule has 2 N–H and O–H groups in total. The van der Waals surface area contributed by atoms with Gasteiger partial charge in [0.15, 0.2) is 0 Å². The van der Waals surface area contributed by atoms with Gasteiger partial charge < -0.3 is 24.4 Å². The smallest absolute Gasteiger partial charge is 0.0701 e. The first-order valence-electron chi connectivity index (χ1n) is 4.36. The van der Waals surface area contributed by atoms with Gasteiger partial charge in [0, 0.05) is 0 Å². The fourth-order valence-corrected chi connectivity index (χ4v) is 0.671. The van der Waals surface area contributed by atoms with Crippen LogP contribution in [0.2, 0.25) is 0 Å². The summed E-state index contributed by atoms with van der Waals surface area (Å²) in [6, 6.07) is 0. The SMILES string of the molecule is F.OCCOCCOCCOCCO. The molecule has 0 spiro atoms. The Morgan fingerprint density at radius 1 is 0.571 bits per heavy atom. The molecule has 0 fully saturated rings. The molecule has 6 heteroatoms. The van der Waals surface area contributed by atoms with Crippen LogP contribution < -0.4 is 0 Å². The minimum atomic E-state index is 0. The summed E-state index contributed by atoms with van der Waals surface area (Å²) < 4.78 is 15.0. The Hall–Kier alpha value is -0.270. The number of hydrogen-bond acceptors (Lipinski definition) is 5. The lowest BCUT2D eigenvalue weighted by atomic mass is 10.7. The molecular formula is C8H19FO5. The highest BCUT2D eigenvalue weighted by molar-refractivity contribution is 4.33. The Balaban J connectivity index is 0. The lowest BCUT2D eigenvalue weighted by Crippen LogP contribution is -2.11. The molecule has 0 heterocycles. The van der Waals surface area contributed by atoms with Gasteiger partial charge in [-0.15, -0.1) is 0 Å². The van der Waals surface area contributed by atoms with Gasteiger partial charge in [-0.2, -0.15) is 0 Å². The molecule has 0 aliphatic heterocycles. The van der Waals surface area contributed by atoms with Gasteiger partial charge in [0.05, 0.1) is 52.9 Å². The molecule has 0 amide bonds. The van der Waals surface area contributed by atoms with Crippen LogP contribution in [0.1, 0.15) is 0 Å². The fraction of sp³-hybridized carbons (Fsp3) is 1.00. The number of ether oxygens (including phenoxy) is 3. The zero-order chi connectivity index (χ0) is 9.78. The molecule has 5 nitrogen and oxygen atoms in total. The predicted octanol–water partition coefficient (Wildman–Crippen LogP) is -0.827. The summed E-state index contributed by atoms with van der Waals surface area (Å²) in [7, 11) is 0. The lowest BCUT2D eigenvalue weighted by molar-refractivity contribution is 0.00230. The van der Waals surface area contributed by atoms with E-state index in [0.717, 1.165) is 0 Å². The maximum absolute atomic E-state index is 8.36. The fourth-order valence-electron chi connectivity index (χ4n) is 0.671. The zero-order valence-electron chi connectivity index (χ0n) is 8.18. The third-order valence-electron chi connectivity index (χ3n) is 1.22. The first-order chi connectivity index (χ1) is 6.41. The van der Waals surface area contributed by atoms with Crippen LogP contribution in [0.5, 0.6) is 0 Å². The molecule has 0 radical (unpaired) electrons. The second-order valence-electron chi connectivity index (χ2n) is 2.28. The van der Waals surface area contributed by atoms with Gasteiger partial charge in [0.1, 0.15) is 0 Å². The Bertz CT molecular complexity index is 83.8. The summed E-state index contributed by atoms with van der Waals surface area (Å²) in [5.74, 6) is 0. The van der Waals surface area contributed by atoms with E-state index >= 15 is 0 Å². The van der Waals surface area contributed by atoms with E-state index in [0.29, 0.717) is 39.6 Å². The summed E-state index contributed by atoms with van der Waals surface area (Å²) >= 11 is 0. The van der Waals surface area contributed by atoms with Crippen molar-refractivity contribution in [3.05, 3.63) is 0 Å². The van der Waals surface area contributed by atoms with E-state index in [1.165, 1.54) is 0 Å². The highest BCUT2D eigenvalue weighted by Crippen LogP contribution is 1.80. The van der Waals surface area contributed by atoms with Crippen molar-refractivity contribution in [3.63, 3.8) is 0 Å². The van der Waals surface area contributed by atoms with Crippen molar-refractivity contribution in [3.8, 4) is 0 Å². The second-order valence-corrected chi connectivity index (χ2v) is 2.28. The van der Waals surface area contributed by atoms with Crippen molar-refractivity contribution in [1.82, 2.24) is 0 Å². The van der Waals surface area contributed by atoms with Gasteiger partial charge in [0.2, 0.25) is 0 Å². The number of hydrogen-bond donors (Lipinski definition) is 2. The van der Waals surface area contributed by atoms with Crippen LogP contribution in [0.4, 0.5) is 4.70 Å². The Morgan fingerprint density at radius 3 is 1.14 bits per heavy atom. The summed E-state index contributed by atoms with van der Waals surface area (Å²) in [5, 5.41) is 16.7. The van der Waals surface area contributed by atoms with E-state index < -0.39 is 0 Å². The van der Waals surface area contributed by atoms with Crippen molar-refractivity contribution in [2.45, 2.75) is 0 Å². The van der Waals surface area contributed by atoms with E-state index in [1.54, 1.807) is 0 Å². The molecule has 0 rings (SSSR count). The molecule has 0 saturated heterocycles. The number of rotatable bonds is 10. The molecule has 0 aromatic heterocycles. The van der Waals surface area contributed by atoms with Crippen molar-refractivity contribution in [2.75, 3.05) is 52.9 Å². The molecule has 0 bridgehead atoms. The second kappa shape index (κ2) is 15.2. The molecule has 88 valence electrons. The van der Waals surface area contributed by atoms with Crippen LogP contribution in [0.25, 0.3) is 0 Å². The van der Waals surface area contributed by atoms with Crippen molar-refractivity contribution < 1.29 is 29.1 Å². The van der Waals surface area contributed by atoms with E-state index in [1.807, 2.05) is 0 Å². The van der Waals surface area contributed by atoms with E-state index in [9.17, 15) is 0 Å².